The Hall–Kier alpha value is -0.250. The van der Waals surface area contributed by atoms with Crippen LogP contribution in [0.1, 0.15) is 18.0 Å². The summed E-state index contributed by atoms with van der Waals surface area (Å²) in [6, 6.07) is 4.53. The van der Waals surface area contributed by atoms with Gasteiger partial charge in [-0.1, -0.05) is 17.7 Å². The molecule has 0 spiro atoms. The predicted molar refractivity (Wildman–Crippen MR) is 63.8 cm³/mol. The summed E-state index contributed by atoms with van der Waals surface area (Å²) < 4.78 is 13.6. The van der Waals surface area contributed by atoms with E-state index in [4.69, 9.17) is 17.3 Å². The summed E-state index contributed by atoms with van der Waals surface area (Å²) in [6.07, 6.45) is 1.08. The maximum atomic E-state index is 13.6. The molecular weight excluding hydrogens is 233 g/mol. The zero-order valence-corrected chi connectivity index (χ0v) is 9.82. The van der Waals surface area contributed by atoms with Gasteiger partial charge < -0.3 is 5.73 Å². The van der Waals surface area contributed by atoms with E-state index in [1.54, 1.807) is 12.1 Å². The second-order valence-corrected chi connectivity index (χ2v) is 5.40. The van der Waals surface area contributed by atoms with Crippen molar-refractivity contribution in [2.75, 3.05) is 11.5 Å². The second-order valence-electron chi connectivity index (χ2n) is 3.82. The standard InChI is InChI=1S/C11H13ClFNS/c12-8-1-2-9(10(13)5-8)11(14)7-3-4-15-6-7/h1-2,5,7,11H,3-4,6,14H2. The summed E-state index contributed by atoms with van der Waals surface area (Å²) >= 11 is 7.58. The van der Waals surface area contributed by atoms with Crippen LogP contribution in [0.5, 0.6) is 0 Å². The quantitative estimate of drug-likeness (QED) is 0.866. The van der Waals surface area contributed by atoms with Gasteiger partial charge >= 0.3 is 0 Å². The summed E-state index contributed by atoms with van der Waals surface area (Å²) in [7, 11) is 0. The lowest BCUT2D eigenvalue weighted by molar-refractivity contribution is 0.460. The molecule has 15 heavy (non-hydrogen) atoms. The zero-order chi connectivity index (χ0) is 10.8. The Kier molecular flexibility index (Phi) is 3.54. The minimum atomic E-state index is -0.285. The molecule has 1 aliphatic rings. The number of hydrogen-bond donors (Lipinski definition) is 1. The van der Waals surface area contributed by atoms with E-state index in [9.17, 15) is 4.39 Å². The first-order valence-electron chi connectivity index (χ1n) is 4.97. The Morgan fingerprint density at radius 2 is 2.33 bits per heavy atom. The van der Waals surface area contributed by atoms with E-state index in [-0.39, 0.29) is 11.9 Å². The van der Waals surface area contributed by atoms with E-state index in [2.05, 4.69) is 0 Å². The SMILES string of the molecule is NC(c1ccc(Cl)cc1F)C1CCSC1. The maximum Gasteiger partial charge on any atom is 0.129 e. The van der Waals surface area contributed by atoms with Crippen LogP contribution in [0.4, 0.5) is 4.39 Å². The van der Waals surface area contributed by atoms with Crippen LogP contribution < -0.4 is 5.73 Å². The predicted octanol–water partition coefficient (Wildman–Crippen LogP) is 3.23. The maximum absolute atomic E-state index is 13.6. The van der Waals surface area contributed by atoms with E-state index >= 15 is 0 Å². The van der Waals surface area contributed by atoms with Crippen LogP contribution in [-0.2, 0) is 0 Å². The van der Waals surface area contributed by atoms with Crippen molar-refractivity contribution in [2.45, 2.75) is 12.5 Å². The van der Waals surface area contributed by atoms with Gasteiger partial charge in [-0.15, -0.1) is 0 Å². The fourth-order valence-corrected chi connectivity index (χ4v) is 3.33. The first-order valence-corrected chi connectivity index (χ1v) is 6.50. The van der Waals surface area contributed by atoms with Crippen molar-refractivity contribution in [3.8, 4) is 0 Å². The van der Waals surface area contributed by atoms with Gasteiger partial charge in [0, 0.05) is 16.6 Å². The fourth-order valence-electron chi connectivity index (χ4n) is 1.86. The molecule has 2 N–H and O–H groups in total. The van der Waals surface area contributed by atoms with E-state index in [0.29, 0.717) is 16.5 Å². The summed E-state index contributed by atoms with van der Waals surface area (Å²) in [5, 5.41) is 0.421. The second kappa shape index (κ2) is 4.73. The Morgan fingerprint density at radius 3 is 2.93 bits per heavy atom. The molecule has 1 saturated heterocycles. The molecule has 1 heterocycles. The smallest absolute Gasteiger partial charge is 0.129 e. The molecular formula is C11H13ClFNS. The zero-order valence-electron chi connectivity index (χ0n) is 8.25. The molecule has 0 aliphatic carbocycles. The van der Waals surface area contributed by atoms with Gasteiger partial charge in [0.2, 0.25) is 0 Å². The van der Waals surface area contributed by atoms with E-state index < -0.39 is 0 Å². The van der Waals surface area contributed by atoms with Crippen LogP contribution in [0.15, 0.2) is 18.2 Å². The third kappa shape index (κ3) is 2.47. The summed E-state index contributed by atoms with van der Waals surface area (Å²) in [6.45, 7) is 0. The normalized spacial score (nSPS) is 23.0. The average molecular weight is 246 g/mol. The highest BCUT2D eigenvalue weighted by Gasteiger charge is 2.25. The number of hydrogen-bond acceptors (Lipinski definition) is 2. The molecule has 1 aromatic carbocycles. The van der Waals surface area contributed by atoms with Gasteiger partial charge in [-0.05, 0) is 36.0 Å². The number of nitrogens with two attached hydrogens (primary N) is 1. The minimum Gasteiger partial charge on any atom is -0.324 e. The van der Waals surface area contributed by atoms with Crippen LogP contribution in [-0.4, -0.2) is 11.5 Å². The highest BCUT2D eigenvalue weighted by Crippen LogP contribution is 2.33. The number of halogens is 2. The van der Waals surface area contributed by atoms with Gasteiger partial charge in [-0.2, -0.15) is 11.8 Å². The topological polar surface area (TPSA) is 26.0 Å². The Morgan fingerprint density at radius 1 is 1.53 bits per heavy atom. The Labute approximate surface area is 98.2 Å². The number of benzene rings is 1. The van der Waals surface area contributed by atoms with Crippen molar-refractivity contribution in [3.63, 3.8) is 0 Å². The monoisotopic (exact) mass is 245 g/mol. The van der Waals surface area contributed by atoms with Crippen molar-refractivity contribution >= 4 is 23.4 Å². The molecule has 1 fully saturated rings. The molecule has 1 nitrogen and oxygen atoms in total. The van der Waals surface area contributed by atoms with Gasteiger partial charge in [0.05, 0.1) is 0 Å². The van der Waals surface area contributed by atoms with Crippen LogP contribution in [0, 0.1) is 11.7 Å². The van der Waals surface area contributed by atoms with E-state index in [0.717, 1.165) is 17.9 Å². The van der Waals surface area contributed by atoms with E-state index in [1.165, 1.54) is 6.07 Å². The molecule has 4 heteroatoms. The van der Waals surface area contributed by atoms with Gasteiger partial charge in [0.1, 0.15) is 5.82 Å². The molecule has 2 unspecified atom stereocenters. The average Bonchev–Trinajstić information content (AvgIpc) is 2.69. The van der Waals surface area contributed by atoms with Crippen molar-refractivity contribution in [1.29, 1.82) is 0 Å². The Balaban J connectivity index is 2.20. The van der Waals surface area contributed by atoms with Gasteiger partial charge in [-0.25, -0.2) is 4.39 Å². The van der Waals surface area contributed by atoms with Crippen LogP contribution in [0.25, 0.3) is 0 Å². The number of rotatable bonds is 2. The summed E-state index contributed by atoms with van der Waals surface area (Å²) in [4.78, 5) is 0. The molecule has 0 amide bonds. The largest absolute Gasteiger partial charge is 0.324 e. The van der Waals surface area contributed by atoms with Gasteiger partial charge in [-0.3, -0.25) is 0 Å². The molecule has 82 valence electrons. The minimum absolute atomic E-state index is 0.197. The third-order valence-electron chi connectivity index (χ3n) is 2.79. The van der Waals surface area contributed by atoms with Crippen molar-refractivity contribution < 1.29 is 4.39 Å². The van der Waals surface area contributed by atoms with Gasteiger partial charge in [0.15, 0.2) is 0 Å². The summed E-state index contributed by atoms with van der Waals surface area (Å²) in [5.74, 6) is 2.27. The molecule has 1 aromatic rings. The molecule has 0 radical (unpaired) electrons. The molecule has 0 bridgehead atoms. The summed E-state index contributed by atoms with van der Waals surface area (Å²) in [5.41, 5.74) is 6.64. The van der Waals surface area contributed by atoms with E-state index in [1.807, 2.05) is 11.8 Å². The molecule has 0 aromatic heterocycles. The highest BCUT2D eigenvalue weighted by molar-refractivity contribution is 7.99. The fraction of sp³-hybridized carbons (Fsp3) is 0.455. The van der Waals surface area contributed by atoms with Crippen LogP contribution in [0.3, 0.4) is 0 Å². The van der Waals surface area contributed by atoms with Crippen LogP contribution >= 0.6 is 23.4 Å². The molecule has 2 rings (SSSR count). The molecule has 0 saturated carbocycles. The first-order chi connectivity index (χ1) is 7.18. The lowest BCUT2D eigenvalue weighted by Crippen LogP contribution is -2.22. The van der Waals surface area contributed by atoms with Crippen LogP contribution in [0.2, 0.25) is 5.02 Å². The number of thioether (sulfide) groups is 1. The molecule has 2 atom stereocenters. The van der Waals surface area contributed by atoms with Crippen molar-refractivity contribution in [1.82, 2.24) is 0 Å². The third-order valence-corrected chi connectivity index (χ3v) is 4.22. The lowest BCUT2D eigenvalue weighted by Gasteiger charge is -2.19. The van der Waals surface area contributed by atoms with Crippen molar-refractivity contribution in [2.24, 2.45) is 11.7 Å². The van der Waals surface area contributed by atoms with Crippen molar-refractivity contribution in [3.05, 3.63) is 34.6 Å². The molecule has 1 aliphatic heterocycles. The first kappa shape index (κ1) is 11.2. The Bertz CT molecular complexity index is 352. The van der Waals surface area contributed by atoms with Gasteiger partial charge in [0.25, 0.3) is 0 Å². The highest BCUT2D eigenvalue weighted by atomic mass is 35.5. The lowest BCUT2D eigenvalue weighted by atomic mass is 9.93.